The summed E-state index contributed by atoms with van der Waals surface area (Å²) in [5, 5.41) is 2.93. The zero-order valence-electron chi connectivity index (χ0n) is 17.5. The summed E-state index contributed by atoms with van der Waals surface area (Å²) >= 11 is 0. The van der Waals surface area contributed by atoms with Crippen LogP contribution in [0.25, 0.3) is 0 Å². The normalized spacial score (nSPS) is 14.7. The topological polar surface area (TPSA) is 75.7 Å². The molecular weight excluding hydrogens is 380 g/mol. The Morgan fingerprint density at radius 2 is 1.60 bits per heavy atom. The molecule has 1 aliphatic rings. The first-order valence-electron chi connectivity index (χ1n) is 10.4. The van der Waals surface area contributed by atoms with Crippen molar-refractivity contribution in [1.29, 1.82) is 0 Å². The molecule has 1 aliphatic carbocycles. The van der Waals surface area contributed by atoms with E-state index >= 15 is 0 Å². The molecule has 1 saturated carbocycles. The van der Waals surface area contributed by atoms with Gasteiger partial charge in [-0.05, 0) is 37.5 Å². The Labute approximate surface area is 177 Å². The number of esters is 1. The van der Waals surface area contributed by atoms with Gasteiger partial charge in [0.15, 0.2) is 6.10 Å². The summed E-state index contributed by atoms with van der Waals surface area (Å²) in [6.07, 6.45) is 3.19. The molecule has 2 aromatic carbocycles. The number of carbonyl (C=O) groups is 3. The molecule has 0 bridgehead atoms. The predicted octanol–water partition coefficient (Wildman–Crippen LogP) is 3.56. The van der Waals surface area contributed by atoms with Gasteiger partial charge < -0.3 is 15.0 Å². The predicted molar refractivity (Wildman–Crippen MR) is 114 cm³/mol. The van der Waals surface area contributed by atoms with E-state index in [9.17, 15) is 14.4 Å². The van der Waals surface area contributed by atoms with Gasteiger partial charge in [0.1, 0.15) is 0 Å². The van der Waals surface area contributed by atoms with Crippen LogP contribution in [0.5, 0.6) is 0 Å². The van der Waals surface area contributed by atoms with E-state index in [1.54, 1.807) is 43.1 Å². The molecule has 6 heteroatoms. The van der Waals surface area contributed by atoms with Gasteiger partial charge in [-0.3, -0.25) is 9.59 Å². The monoisotopic (exact) mass is 408 g/mol. The second kappa shape index (κ2) is 10.1. The van der Waals surface area contributed by atoms with Crippen molar-refractivity contribution < 1.29 is 19.1 Å². The van der Waals surface area contributed by atoms with Crippen molar-refractivity contribution in [3.63, 3.8) is 0 Å². The first-order chi connectivity index (χ1) is 14.5. The number of amides is 2. The summed E-state index contributed by atoms with van der Waals surface area (Å²) in [7, 11) is 1.69. The van der Waals surface area contributed by atoms with Gasteiger partial charge in [0.25, 0.3) is 11.8 Å². The van der Waals surface area contributed by atoms with Crippen LogP contribution in [-0.2, 0) is 16.1 Å². The molecular formula is C24H28N2O4. The Kier molecular flexibility index (Phi) is 7.22. The van der Waals surface area contributed by atoms with Gasteiger partial charge in [-0.15, -0.1) is 0 Å². The standard InChI is InChI=1S/C24H28N2O4/c1-17(22(27)25-19-12-6-7-13-19)30-24(29)21-15-9-8-14-20(21)23(28)26(2)16-18-10-4-3-5-11-18/h3-5,8-11,14-15,17,19H,6-7,12-13,16H2,1-2H3,(H,25,27)/t17-/m1/s1. The zero-order valence-corrected chi connectivity index (χ0v) is 17.5. The minimum atomic E-state index is -0.927. The Morgan fingerprint density at radius 3 is 2.27 bits per heavy atom. The van der Waals surface area contributed by atoms with E-state index in [0.717, 1.165) is 31.2 Å². The van der Waals surface area contributed by atoms with E-state index in [2.05, 4.69) is 5.32 Å². The summed E-state index contributed by atoms with van der Waals surface area (Å²) < 4.78 is 5.38. The fraction of sp³-hybridized carbons (Fsp3) is 0.375. The van der Waals surface area contributed by atoms with Gasteiger partial charge in [0, 0.05) is 19.6 Å². The SMILES string of the molecule is C[C@@H](OC(=O)c1ccccc1C(=O)N(C)Cc1ccccc1)C(=O)NC1CCCC1. The molecule has 0 aromatic heterocycles. The lowest BCUT2D eigenvalue weighted by molar-refractivity contribution is -0.129. The fourth-order valence-corrected chi connectivity index (χ4v) is 3.65. The number of nitrogens with zero attached hydrogens (tertiary/aromatic N) is 1. The molecule has 1 N–H and O–H groups in total. The van der Waals surface area contributed by atoms with Gasteiger partial charge in [0.2, 0.25) is 0 Å². The molecule has 0 heterocycles. The number of nitrogens with one attached hydrogen (secondary N) is 1. The molecule has 6 nitrogen and oxygen atoms in total. The van der Waals surface area contributed by atoms with Crippen LogP contribution in [0, 0.1) is 0 Å². The van der Waals surface area contributed by atoms with Crippen molar-refractivity contribution in [2.24, 2.45) is 0 Å². The molecule has 158 valence electrons. The van der Waals surface area contributed by atoms with Gasteiger partial charge in [-0.2, -0.15) is 0 Å². The highest BCUT2D eigenvalue weighted by Gasteiger charge is 2.26. The molecule has 0 radical (unpaired) electrons. The van der Waals surface area contributed by atoms with E-state index in [1.165, 1.54) is 0 Å². The first-order valence-corrected chi connectivity index (χ1v) is 10.4. The average molecular weight is 408 g/mol. The van der Waals surface area contributed by atoms with Crippen molar-refractivity contribution in [2.45, 2.75) is 51.3 Å². The minimum Gasteiger partial charge on any atom is -0.449 e. The smallest absolute Gasteiger partial charge is 0.339 e. The van der Waals surface area contributed by atoms with Crippen LogP contribution in [0.15, 0.2) is 54.6 Å². The van der Waals surface area contributed by atoms with E-state index in [-0.39, 0.29) is 29.0 Å². The maximum absolute atomic E-state index is 13.0. The third-order valence-corrected chi connectivity index (χ3v) is 5.34. The largest absolute Gasteiger partial charge is 0.449 e. The third kappa shape index (κ3) is 5.47. The minimum absolute atomic E-state index is 0.152. The van der Waals surface area contributed by atoms with E-state index in [4.69, 9.17) is 4.74 Å². The van der Waals surface area contributed by atoms with E-state index in [1.807, 2.05) is 30.3 Å². The number of carbonyl (C=O) groups excluding carboxylic acids is 3. The Bertz CT molecular complexity index is 891. The second-order valence-corrected chi connectivity index (χ2v) is 7.73. The number of benzene rings is 2. The second-order valence-electron chi connectivity index (χ2n) is 7.73. The van der Waals surface area contributed by atoms with Crippen molar-refractivity contribution in [2.75, 3.05) is 7.05 Å². The Balaban J connectivity index is 1.66. The highest BCUT2D eigenvalue weighted by molar-refractivity contribution is 6.05. The van der Waals surface area contributed by atoms with E-state index < -0.39 is 12.1 Å². The number of hydrogen-bond donors (Lipinski definition) is 1. The lowest BCUT2D eigenvalue weighted by Gasteiger charge is -2.20. The van der Waals surface area contributed by atoms with Crippen LogP contribution < -0.4 is 5.32 Å². The van der Waals surface area contributed by atoms with Crippen LogP contribution in [-0.4, -0.2) is 41.9 Å². The summed E-state index contributed by atoms with van der Waals surface area (Å²) in [5.74, 6) is -1.27. The molecule has 0 spiro atoms. The fourth-order valence-electron chi connectivity index (χ4n) is 3.65. The molecule has 1 atom stereocenters. The van der Waals surface area contributed by atoms with Crippen LogP contribution in [0.4, 0.5) is 0 Å². The summed E-state index contributed by atoms with van der Waals surface area (Å²) in [6, 6.07) is 16.3. The van der Waals surface area contributed by atoms with Gasteiger partial charge in [-0.25, -0.2) is 4.79 Å². The molecule has 30 heavy (non-hydrogen) atoms. The number of ether oxygens (including phenoxy) is 1. The molecule has 0 aliphatic heterocycles. The highest BCUT2D eigenvalue weighted by Crippen LogP contribution is 2.18. The molecule has 2 aromatic rings. The lowest BCUT2D eigenvalue weighted by atomic mass is 10.1. The molecule has 0 unspecified atom stereocenters. The number of hydrogen-bond acceptors (Lipinski definition) is 4. The van der Waals surface area contributed by atoms with Crippen molar-refractivity contribution >= 4 is 17.8 Å². The molecule has 3 rings (SSSR count). The van der Waals surface area contributed by atoms with Crippen molar-refractivity contribution in [3.05, 3.63) is 71.3 Å². The average Bonchev–Trinajstić information content (AvgIpc) is 3.26. The maximum atomic E-state index is 13.0. The van der Waals surface area contributed by atoms with Crippen LogP contribution >= 0.6 is 0 Å². The Morgan fingerprint density at radius 1 is 1.00 bits per heavy atom. The quantitative estimate of drug-likeness (QED) is 0.711. The van der Waals surface area contributed by atoms with Crippen molar-refractivity contribution in [3.8, 4) is 0 Å². The maximum Gasteiger partial charge on any atom is 0.339 e. The highest BCUT2D eigenvalue weighted by atomic mass is 16.5. The van der Waals surface area contributed by atoms with Crippen LogP contribution in [0.3, 0.4) is 0 Å². The van der Waals surface area contributed by atoms with Crippen LogP contribution in [0.1, 0.15) is 58.9 Å². The van der Waals surface area contributed by atoms with E-state index in [0.29, 0.717) is 6.54 Å². The van der Waals surface area contributed by atoms with Crippen LogP contribution in [0.2, 0.25) is 0 Å². The van der Waals surface area contributed by atoms with Crippen molar-refractivity contribution in [1.82, 2.24) is 10.2 Å². The zero-order chi connectivity index (χ0) is 21.5. The molecule has 0 saturated heterocycles. The third-order valence-electron chi connectivity index (χ3n) is 5.34. The molecule has 2 amide bonds. The summed E-state index contributed by atoms with van der Waals surface area (Å²) in [5.41, 5.74) is 1.40. The first kappa shape index (κ1) is 21.6. The molecule has 1 fully saturated rings. The lowest BCUT2D eigenvalue weighted by Crippen LogP contribution is -2.41. The van der Waals surface area contributed by atoms with Gasteiger partial charge >= 0.3 is 5.97 Å². The summed E-state index contributed by atoms with van der Waals surface area (Å²) in [6.45, 7) is 1.97. The van der Waals surface area contributed by atoms with Gasteiger partial charge in [0.05, 0.1) is 11.1 Å². The van der Waals surface area contributed by atoms with Gasteiger partial charge in [-0.1, -0.05) is 55.3 Å². The number of rotatable bonds is 7. The summed E-state index contributed by atoms with van der Waals surface area (Å²) in [4.78, 5) is 39.6. The Hall–Kier alpha value is -3.15.